The van der Waals surface area contributed by atoms with E-state index in [1.807, 2.05) is 43.3 Å². The van der Waals surface area contributed by atoms with Gasteiger partial charge in [-0.15, -0.1) is 0 Å². The molecule has 0 saturated heterocycles. The number of esters is 1. The summed E-state index contributed by atoms with van der Waals surface area (Å²) in [7, 11) is 2.99. The zero-order valence-corrected chi connectivity index (χ0v) is 18.0. The lowest BCUT2D eigenvalue weighted by molar-refractivity contribution is -0.136. The Morgan fingerprint density at radius 3 is 2.42 bits per heavy atom. The highest BCUT2D eigenvalue weighted by Crippen LogP contribution is 2.42. The number of ether oxygens (including phenoxy) is 2. The van der Waals surface area contributed by atoms with E-state index in [1.165, 1.54) is 7.11 Å². The third kappa shape index (κ3) is 4.97. The summed E-state index contributed by atoms with van der Waals surface area (Å²) in [6, 6.07) is 16.4. The minimum Gasteiger partial charge on any atom is -0.508 e. The number of para-hydroxylation sites is 1. The number of aromatic hydroxyl groups is 1. The van der Waals surface area contributed by atoms with Gasteiger partial charge in [0.15, 0.2) is 5.78 Å². The van der Waals surface area contributed by atoms with Crippen molar-refractivity contribution in [1.29, 1.82) is 0 Å². The molecule has 0 saturated carbocycles. The van der Waals surface area contributed by atoms with Gasteiger partial charge in [0.1, 0.15) is 11.5 Å². The monoisotopic (exact) mass is 421 g/mol. The summed E-state index contributed by atoms with van der Waals surface area (Å²) in [4.78, 5) is 24.8. The molecular weight excluding hydrogens is 394 g/mol. The zero-order chi connectivity index (χ0) is 22.4. The zero-order valence-electron chi connectivity index (χ0n) is 18.0. The summed E-state index contributed by atoms with van der Waals surface area (Å²) in [5.41, 5.74) is 3.33. The van der Waals surface area contributed by atoms with Crippen molar-refractivity contribution in [2.45, 2.75) is 32.1 Å². The molecule has 0 radical (unpaired) electrons. The van der Waals surface area contributed by atoms with Crippen molar-refractivity contribution in [2.24, 2.45) is 0 Å². The lowest BCUT2D eigenvalue weighted by Gasteiger charge is -2.34. The van der Waals surface area contributed by atoms with Gasteiger partial charge in [-0.25, -0.2) is 4.79 Å². The van der Waals surface area contributed by atoms with Crippen LogP contribution >= 0.6 is 0 Å². The van der Waals surface area contributed by atoms with Crippen LogP contribution in [0.4, 0.5) is 0 Å². The number of ketones is 1. The molecule has 162 valence electrons. The van der Waals surface area contributed by atoms with Gasteiger partial charge in [-0.05, 0) is 49.6 Å². The molecule has 0 fully saturated rings. The summed E-state index contributed by atoms with van der Waals surface area (Å²) in [5.74, 6) is 0.0914. The van der Waals surface area contributed by atoms with E-state index in [-0.39, 0.29) is 11.5 Å². The van der Waals surface area contributed by atoms with Crippen molar-refractivity contribution >= 4 is 11.8 Å². The van der Waals surface area contributed by atoms with Crippen LogP contribution in [0.3, 0.4) is 0 Å². The number of dihydropyridines is 1. The third-order valence-electron chi connectivity index (χ3n) is 5.36. The molecule has 1 aliphatic carbocycles. The van der Waals surface area contributed by atoms with Crippen molar-refractivity contribution < 1.29 is 24.2 Å². The predicted octanol–water partition coefficient (Wildman–Crippen LogP) is 4.23. The number of methoxy groups -OCH3 is 2. The largest absolute Gasteiger partial charge is 0.508 e. The van der Waals surface area contributed by atoms with Gasteiger partial charge in [0.05, 0.1) is 19.8 Å². The van der Waals surface area contributed by atoms with E-state index >= 15 is 0 Å². The fourth-order valence-corrected chi connectivity index (χ4v) is 3.96. The smallest absolute Gasteiger partial charge is 0.336 e. The summed E-state index contributed by atoms with van der Waals surface area (Å²) in [6.07, 6.45) is 2.06. The van der Waals surface area contributed by atoms with Crippen molar-refractivity contribution in [3.05, 3.63) is 82.7 Å². The van der Waals surface area contributed by atoms with Crippen molar-refractivity contribution in [3.8, 4) is 11.5 Å². The Balaban J connectivity index is 0.000000287. The number of benzene rings is 2. The fourth-order valence-electron chi connectivity index (χ4n) is 3.96. The number of phenolic OH excluding ortho intramolecular Hbond substituents is 1. The first-order chi connectivity index (χ1) is 15.0. The van der Waals surface area contributed by atoms with Gasteiger partial charge >= 0.3 is 5.97 Å². The number of hydrogen-bond acceptors (Lipinski definition) is 6. The predicted molar refractivity (Wildman–Crippen MR) is 118 cm³/mol. The number of Topliss-reactive ketones (excluding diaryl/α,β-unsaturated/α-hetero) is 1. The third-order valence-corrected chi connectivity index (χ3v) is 5.36. The number of phenols is 1. The van der Waals surface area contributed by atoms with E-state index in [0.717, 1.165) is 24.3 Å². The molecule has 1 heterocycles. The first kappa shape index (κ1) is 22.2. The van der Waals surface area contributed by atoms with Crippen LogP contribution in [0, 0.1) is 0 Å². The van der Waals surface area contributed by atoms with E-state index in [0.29, 0.717) is 28.8 Å². The van der Waals surface area contributed by atoms with Crippen LogP contribution in [0.1, 0.15) is 37.7 Å². The van der Waals surface area contributed by atoms with Gasteiger partial charge in [-0.2, -0.15) is 0 Å². The second-order valence-electron chi connectivity index (χ2n) is 7.37. The van der Waals surface area contributed by atoms with Gasteiger partial charge in [0.25, 0.3) is 0 Å². The molecule has 2 aliphatic rings. The molecule has 1 atom stereocenters. The number of hydrogen-bond donors (Lipinski definition) is 2. The molecule has 2 N–H and O–H groups in total. The Morgan fingerprint density at radius 1 is 1.06 bits per heavy atom. The molecule has 2 aromatic rings. The van der Waals surface area contributed by atoms with Crippen LogP contribution in [-0.4, -0.2) is 31.1 Å². The van der Waals surface area contributed by atoms with E-state index in [2.05, 4.69) is 5.32 Å². The summed E-state index contributed by atoms with van der Waals surface area (Å²) >= 11 is 0. The fraction of sp³-hybridized carbons (Fsp3) is 0.280. The molecule has 0 amide bonds. The van der Waals surface area contributed by atoms with Crippen molar-refractivity contribution in [1.82, 2.24) is 5.32 Å². The second-order valence-corrected chi connectivity index (χ2v) is 7.37. The van der Waals surface area contributed by atoms with Crippen molar-refractivity contribution in [3.63, 3.8) is 0 Å². The van der Waals surface area contributed by atoms with E-state index in [4.69, 9.17) is 9.47 Å². The van der Waals surface area contributed by atoms with Crippen LogP contribution in [-0.2, 0) is 14.3 Å². The quantitative estimate of drug-likeness (QED) is 0.722. The standard InChI is InChI=1S/C18H19NO4.C7H8O/c1-10-15(18(22)23-2)16(11-5-3-6-12(20)9-11)17-13(19-10)7-4-8-14(17)21;1-8-7-5-3-2-4-6-7/h3,5-6,9,16,19-20H,4,7-8H2,1-2H3;2-6H,1H3/t16-;/m0./s1. The average molecular weight is 421 g/mol. The van der Waals surface area contributed by atoms with Crippen molar-refractivity contribution in [2.75, 3.05) is 14.2 Å². The Kier molecular flexibility index (Phi) is 7.13. The van der Waals surface area contributed by atoms with Crippen LogP contribution in [0.2, 0.25) is 0 Å². The number of rotatable bonds is 3. The topological polar surface area (TPSA) is 84.9 Å². The summed E-state index contributed by atoms with van der Waals surface area (Å²) in [6.45, 7) is 1.81. The van der Waals surface area contributed by atoms with E-state index in [1.54, 1.807) is 25.3 Å². The molecule has 2 aromatic carbocycles. The summed E-state index contributed by atoms with van der Waals surface area (Å²) in [5, 5.41) is 13.0. The Labute approximate surface area is 182 Å². The maximum absolute atomic E-state index is 12.5. The van der Waals surface area contributed by atoms with Gasteiger partial charge in [0, 0.05) is 29.3 Å². The minimum absolute atomic E-state index is 0.0426. The molecular formula is C25H27NO5. The molecule has 0 bridgehead atoms. The maximum Gasteiger partial charge on any atom is 0.336 e. The first-order valence-electron chi connectivity index (χ1n) is 10.2. The highest BCUT2D eigenvalue weighted by atomic mass is 16.5. The second kappa shape index (κ2) is 9.98. The number of carbonyl (C=O) groups excluding carboxylic acids is 2. The molecule has 1 aliphatic heterocycles. The lowest BCUT2D eigenvalue weighted by atomic mass is 9.75. The molecule has 0 aromatic heterocycles. The Bertz CT molecular complexity index is 1020. The maximum atomic E-state index is 12.5. The number of carbonyl (C=O) groups is 2. The SMILES string of the molecule is COC(=O)C1=C(C)NC2=C(C(=O)CCC2)[C@H]1c1cccc(O)c1.COc1ccccc1. The van der Waals surface area contributed by atoms with Gasteiger partial charge < -0.3 is 19.9 Å². The summed E-state index contributed by atoms with van der Waals surface area (Å²) < 4.78 is 9.84. The molecule has 4 rings (SSSR count). The normalized spacial score (nSPS) is 17.8. The van der Waals surface area contributed by atoms with E-state index < -0.39 is 11.9 Å². The van der Waals surface area contributed by atoms with Gasteiger partial charge in [-0.1, -0.05) is 30.3 Å². The number of nitrogens with one attached hydrogen (secondary N) is 1. The Hall–Kier alpha value is -3.54. The number of allylic oxidation sites excluding steroid dienone is 3. The lowest BCUT2D eigenvalue weighted by Crippen LogP contribution is -2.34. The van der Waals surface area contributed by atoms with Crippen LogP contribution in [0.15, 0.2) is 77.1 Å². The molecule has 6 heteroatoms. The Morgan fingerprint density at radius 2 is 1.81 bits per heavy atom. The van der Waals surface area contributed by atoms with Crippen LogP contribution < -0.4 is 10.1 Å². The van der Waals surface area contributed by atoms with E-state index in [9.17, 15) is 14.7 Å². The van der Waals surface area contributed by atoms with Crippen LogP contribution in [0.25, 0.3) is 0 Å². The molecule has 31 heavy (non-hydrogen) atoms. The molecule has 6 nitrogen and oxygen atoms in total. The highest BCUT2D eigenvalue weighted by Gasteiger charge is 2.38. The average Bonchev–Trinajstić information content (AvgIpc) is 2.79. The van der Waals surface area contributed by atoms with Gasteiger partial charge in [-0.3, -0.25) is 4.79 Å². The minimum atomic E-state index is -0.501. The first-order valence-corrected chi connectivity index (χ1v) is 10.2. The van der Waals surface area contributed by atoms with Crippen LogP contribution in [0.5, 0.6) is 11.5 Å². The highest BCUT2D eigenvalue weighted by molar-refractivity contribution is 6.03. The van der Waals surface area contributed by atoms with Gasteiger partial charge in [0.2, 0.25) is 0 Å². The molecule has 0 spiro atoms. The molecule has 0 unspecified atom stereocenters.